The van der Waals surface area contributed by atoms with E-state index >= 15 is 0 Å². The first-order chi connectivity index (χ1) is 12.2. The van der Waals surface area contributed by atoms with Gasteiger partial charge >= 0.3 is 0 Å². The monoisotopic (exact) mass is 335 g/mol. The van der Waals surface area contributed by atoms with Crippen molar-refractivity contribution in [2.45, 2.75) is 25.8 Å². The fraction of sp³-hybridized carbons (Fsp3) is 0.353. The number of rotatable bonds is 3. The Kier molecular flexibility index (Phi) is 3.69. The molecule has 0 bridgehead atoms. The Balaban J connectivity index is 1.71. The summed E-state index contributed by atoms with van der Waals surface area (Å²) in [6, 6.07) is 3.85. The van der Waals surface area contributed by atoms with E-state index in [9.17, 15) is 4.79 Å². The van der Waals surface area contributed by atoms with Gasteiger partial charge in [-0.05, 0) is 19.4 Å². The molecule has 1 atom stereocenters. The summed E-state index contributed by atoms with van der Waals surface area (Å²) in [6.45, 7) is 3.38. The highest BCUT2D eigenvalue weighted by Gasteiger charge is 2.27. The lowest BCUT2D eigenvalue weighted by molar-refractivity contribution is -0.120. The van der Waals surface area contributed by atoms with Crippen molar-refractivity contribution in [3.63, 3.8) is 0 Å². The van der Waals surface area contributed by atoms with Crippen molar-refractivity contribution in [1.82, 2.24) is 25.3 Å². The van der Waals surface area contributed by atoms with Gasteiger partial charge in [0.25, 0.3) is 0 Å². The second-order valence-corrected chi connectivity index (χ2v) is 6.21. The number of anilines is 1. The third-order valence-electron chi connectivity index (χ3n) is 4.44. The number of carbonyl (C=O) groups is 1. The molecule has 8 nitrogen and oxygen atoms in total. The summed E-state index contributed by atoms with van der Waals surface area (Å²) >= 11 is 0. The molecule has 2 N–H and O–H groups in total. The highest BCUT2D eigenvalue weighted by atomic mass is 16.1. The standard InChI is InChI=1S/C17H17N7O/c1-10-21-13-8-20-16-12(3-6-19-16)15(13)17(22-10)24-7-4-11(9-24)23-14(25)2-5-18/h3,6,8,11H,2,4,7,9H2,1H3,(H,21,22)(H,23,25). The molecule has 3 aromatic rings. The van der Waals surface area contributed by atoms with Gasteiger partial charge in [-0.3, -0.25) is 4.79 Å². The number of carbonyl (C=O) groups excluding carboxylic acids is 1. The molecule has 3 aromatic heterocycles. The first-order valence-electron chi connectivity index (χ1n) is 8.17. The van der Waals surface area contributed by atoms with Crippen LogP contribution in [0.15, 0.2) is 18.5 Å². The number of hydrogen-bond donors (Lipinski definition) is 2. The fourth-order valence-electron chi connectivity index (χ4n) is 3.38. The topological polar surface area (TPSA) is 111 Å². The maximum atomic E-state index is 11.7. The van der Waals surface area contributed by atoms with Crippen LogP contribution in [0.2, 0.25) is 0 Å². The average Bonchev–Trinajstić information content (AvgIpc) is 3.22. The van der Waals surface area contributed by atoms with E-state index in [-0.39, 0.29) is 18.4 Å². The molecule has 0 aromatic carbocycles. The van der Waals surface area contributed by atoms with Gasteiger partial charge in [-0.1, -0.05) is 0 Å². The van der Waals surface area contributed by atoms with Crippen LogP contribution in [0.5, 0.6) is 0 Å². The van der Waals surface area contributed by atoms with E-state index in [2.05, 4.69) is 25.2 Å². The van der Waals surface area contributed by atoms with Crippen LogP contribution in [-0.2, 0) is 4.79 Å². The maximum absolute atomic E-state index is 11.7. The normalized spacial score (nSPS) is 17.1. The highest BCUT2D eigenvalue weighted by Crippen LogP contribution is 2.31. The van der Waals surface area contributed by atoms with Gasteiger partial charge in [0, 0.05) is 30.7 Å². The fourth-order valence-corrected chi connectivity index (χ4v) is 3.38. The van der Waals surface area contributed by atoms with Crippen molar-refractivity contribution < 1.29 is 4.79 Å². The molecule has 1 amide bonds. The molecule has 0 radical (unpaired) electrons. The smallest absolute Gasteiger partial charge is 0.234 e. The minimum Gasteiger partial charge on any atom is -0.354 e. The van der Waals surface area contributed by atoms with Crippen LogP contribution in [0.3, 0.4) is 0 Å². The van der Waals surface area contributed by atoms with Gasteiger partial charge in [-0.15, -0.1) is 0 Å². The average molecular weight is 335 g/mol. The lowest BCUT2D eigenvalue weighted by atomic mass is 10.2. The number of amides is 1. The van der Waals surface area contributed by atoms with Gasteiger partial charge in [0.1, 0.15) is 18.1 Å². The minimum absolute atomic E-state index is 0.0253. The molecule has 4 heterocycles. The quantitative estimate of drug-likeness (QED) is 0.749. The van der Waals surface area contributed by atoms with E-state index in [1.165, 1.54) is 0 Å². The Morgan fingerprint density at radius 3 is 3.24 bits per heavy atom. The number of aromatic amines is 1. The highest BCUT2D eigenvalue weighted by molar-refractivity contribution is 6.09. The van der Waals surface area contributed by atoms with Crippen molar-refractivity contribution in [2.24, 2.45) is 0 Å². The third kappa shape index (κ3) is 2.74. The zero-order valence-corrected chi connectivity index (χ0v) is 13.8. The van der Waals surface area contributed by atoms with Crippen molar-refractivity contribution in [3.8, 4) is 6.07 Å². The Bertz CT molecular complexity index is 1000. The van der Waals surface area contributed by atoms with Gasteiger partial charge in [0.15, 0.2) is 5.65 Å². The summed E-state index contributed by atoms with van der Waals surface area (Å²) < 4.78 is 0. The van der Waals surface area contributed by atoms with E-state index in [1.807, 2.05) is 19.1 Å². The summed E-state index contributed by atoms with van der Waals surface area (Å²) in [7, 11) is 0. The molecule has 0 aliphatic carbocycles. The first-order valence-corrected chi connectivity index (χ1v) is 8.17. The summed E-state index contributed by atoms with van der Waals surface area (Å²) in [5.41, 5.74) is 1.62. The van der Waals surface area contributed by atoms with Crippen molar-refractivity contribution in [1.29, 1.82) is 5.26 Å². The number of aromatic nitrogens is 4. The largest absolute Gasteiger partial charge is 0.354 e. The number of nitrogens with zero attached hydrogens (tertiary/aromatic N) is 5. The van der Waals surface area contributed by atoms with E-state index in [0.29, 0.717) is 12.2 Å². The van der Waals surface area contributed by atoms with Crippen LogP contribution in [0.1, 0.15) is 18.7 Å². The molecule has 1 fully saturated rings. The predicted molar refractivity (Wildman–Crippen MR) is 92.9 cm³/mol. The van der Waals surface area contributed by atoms with Crippen molar-refractivity contribution in [2.75, 3.05) is 18.0 Å². The van der Waals surface area contributed by atoms with Crippen molar-refractivity contribution in [3.05, 3.63) is 24.3 Å². The maximum Gasteiger partial charge on any atom is 0.234 e. The molecular weight excluding hydrogens is 318 g/mol. The molecule has 126 valence electrons. The van der Waals surface area contributed by atoms with Gasteiger partial charge in [0.2, 0.25) is 5.91 Å². The number of hydrogen-bond acceptors (Lipinski definition) is 6. The molecule has 25 heavy (non-hydrogen) atoms. The van der Waals surface area contributed by atoms with E-state index in [4.69, 9.17) is 10.2 Å². The third-order valence-corrected chi connectivity index (χ3v) is 4.44. The zero-order valence-electron chi connectivity index (χ0n) is 13.8. The van der Waals surface area contributed by atoms with E-state index in [0.717, 1.165) is 40.9 Å². The van der Waals surface area contributed by atoms with Gasteiger partial charge in [-0.25, -0.2) is 15.0 Å². The second-order valence-electron chi connectivity index (χ2n) is 6.21. The van der Waals surface area contributed by atoms with Crippen molar-refractivity contribution >= 4 is 33.7 Å². The molecule has 0 saturated carbocycles. The zero-order chi connectivity index (χ0) is 17.4. The molecule has 1 aliphatic heterocycles. The Morgan fingerprint density at radius 1 is 1.52 bits per heavy atom. The molecule has 1 aliphatic rings. The van der Waals surface area contributed by atoms with Gasteiger partial charge in [0.05, 0.1) is 23.2 Å². The minimum atomic E-state index is -0.225. The lowest BCUT2D eigenvalue weighted by Crippen LogP contribution is -2.37. The number of nitrogens with one attached hydrogen (secondary N) is 2. The van der Waals surface area contributed by atoms with Gasteiger partial charge < -0.3 is 15.2 Å². The Hall–Kier alpha value is -3.21. The number of H-pyrrole nitrogens is 1. The van der Waals surface area contributed by atoms with Crippen LogP contribution in [0.25, 0.3) is 21.9 Å². The number of fused-ring (bicyclic) bond motifs is 3. The van der Waals surface area contributed by atoms with Crippen LogP contribution in [0, 0.1) is 18.3 Å². The van der Waals surface area contributed by atoms with E-state index < -0.39 is 0 Å². The number of nitriles is 1. The lowest BCUT2D eigenvalue weighted by Gasteiger charge is -2.20. The van der Waals surface area contributed by atoms with E-state index in [1.54, 1.807) is 12.4 Å². The molecule has 1 saturated heterocycles. The summed E-state index contributed by atoms with van der Waals surface area (Å²) in [6.07, 6.45) is 4.24. The number of pyridine rings is 1. The van der Waals surface area contributed by atoms with Crippen LogP contribution in [-0.4, -0.2) is 45.0 Å². The Morgan fingerprint density at radius 2 is 2.40 bits per heavy atom. The summed E-state index contributed by atoms with van der Waals surface area (Å²) in [5.74, 6) is 1.46. The molecule has 8 heteroatoms. The SMILES string of the molecule is Cc1nc(N2CCC(NC(=O)CC#N)C2)c2c(cnc3nccc32)[nH]1. The molecule has 0 spiro atoms. The summed E-state index contributed by atoms with van der Waals surface area (Å²) in [4.78, 5) is 30.5. The van der Waals surface area contributed by atoms with Gasteiger partial charge in [-0.2, -0.15) is 5.26 Å². The van der Waals surface area contributed by atoms with Crippen LogP contribution >= 0.6 is 0 Å². The summed E-state index contributed by atoms with van der Waals surface area (Å²) in [5, 5.41) is 13.5. The van der Waals surface area contributed by atoms with Crippen LogP contribution < -0.4 is 10.2 Å². The molecule has 1 unspecified atom stereocenters. The number of aryl methyl sites for hydroxylation is 1. The predicted octanol–water partition coefficient (Wildman–Crippen LogP) is 1.42. The second kappa shape index (κ2) is 6.02. The van der Waals surface area contributed by atoms with Crippen LogP contribution in [0.4, 0.5) is 5.82 Å². The first kappa shape index (κ1) is 15.3. The molecular formula is C17H17N7O. The Labute approximate surface area is 143 Å². The molecule has 4 rings (SSSR count).